The first-order chi connectivity index (χ1) is 24.3. The Kier molecular flexibility index (Phi) is 6.25. The van der Waals surface area contributed by atoms with Gasteiger partial charge in [-0.3, -0.25) is 0 Å². The second-order valence-corrected chi connectivity index (χ2v) is 12.9. The predicted molar refractivity (Wildman–Crippen MR) is 210 cm³/mol. The van der Waals surface area contributed by atoms with Crippen LogP contribution in [0.1, 0.15) is 0 Å². The average molecular weight is 622 g/mol. The minimum Gasteiger partial charge on any atom is -0.308 e. The fourth-order valence-corrected chi connectivity index (χ4v) is 7.95. The lowest BCUT2D eigenvalue weighted by Crippen LogP contribution is -1.97. The third kappa shape index (κ3) is 4.33. The summed E-state index contributed by atoms with van der Waals surface area (Å²) in [5.74, 6) is 0. The highest BCUT2D eigenvalue weighted by atomic mass is 15.0. The van der Waals surface area contributed by atoms with E-state index >= 15 is 0 Å². The molecule has 0 N–H and O–H groups in total. The van der Waals surface area contributed by atoms with Crippen LogP contribution in [0, 0.1) is 0 Å². The molecule has 0 saturated carbocycles. The van der Waals surface area contributed by atoms with Crippen molar-refractivity contribution in [2.75, 3.05) is 0 Å². The van der Waals surface area contributed by atoms with Crippen molar-refractivity contribution in [2.24, 2.45) is 0 Å². The molecule has 0 unspecified atom stereocenters. The van der Waals surface area contributed by atoms with Crippen molar-refractivity contribution in [3.63, 3.8) is 0 Å². The maximum Gasteiger partial charge on any atom is 0.0626 e. The van der Waals surface area contributed by atoms with Crippen LogP contribution in [0.4, 0.5) is 0 Å². The molecule has 9 aromatic carbocycles. The Morgan fingerprint density at radius 2 is 0.857 bits per heavy atom. The number of hydrogen-bond donors (Lipinski definition) is 0. The van der Waals surface area contributed by atoms with Crippen molar-refractivity contribution in [1.29, 1.82) is 0 Å². The first-order valence-corrected chi connectivity index (χ1v) is 16.9. The van der Waals surface area contributed by atoms with E-state index in [2.05, 4.69) is 193 Å². The van der Waals surface area contributed by atoms with Crippen LogP contribution in [0.25, 0.3) is 93.2 Å². The van der Waals surface area contributed by atoms with E-state index < -0.39 is 0 Å². The molecule has 10 aromatic rings. The molecule has 1 heterocycles. The molecular formula is C48H31N. The van der Waals surface area contributed by atoms with Gasteiger partial charge >= 0.3 is 0 Å². The summed E-state index contributed by atoms with van der Waals surface area (Å²) in [6.07, 6.45) is 0. The van der Waals surface area contributed by atoms with Crippen molar-refractivity contribution in [1.82, 2.24) is 4.57 Å². The van der Waals surface area contributed by atoms with Crippen LogP contribution < -0.4 is 0 Å². The monoisotopic (exact) mass is 621 g/mol. The molecule has 1 nitrogen and oxygen atoms in total. The van der Waals surface area contributed by atoms with Crippen molar-refractivity contribution in [2.45, 2.75) is 0 Å². The molecule has 0 bridgehead atoms. The average Bonchev–Trinajstić information content (AvgIpc) is 3.55. The van der Waals surface area contributed by atoms with E-state index in [0.717, 1.165) is 5.69 Å². The van der Waals surface area contributed by atoms with Crippen molar-refractivity contribution < 1.29 is 0 Å². The van der Waals surface area contributed by atoms with Crippen LogP contribution in [0.15, 0.2) is 188 Å². The van der Waals surface area contributed by atoms with Gasteiger partial charge in [-0.1, -0.05) is 170 Å². The molecule has 0 aliphatic heterocycles. The van der Waals surface area contributed by atoms with E-state index in [4.69, 9.17) is 0 Å². The number of hydrogen-bond acceptors (Lipinski definition) is 0. The minimum absolute atomic E-state index is 1.15. The fourth-order valence-electron chi connectivity index (χ4n) is 7.95. The summed E-state index contributed by atoms with van der Waals surface area (Å²) in [6, 6.07) is 68.7. The van der Waals surface area contributed by atoms with E-state index in [1.54, 1.807) is 0 Å². The van der Waals surface area contributed by atoms with E-state index in [-0.39, 0.29) is 0 Å². The SMILES string of the molecule is c1ccc(-c2ccc3c4ccccc4c4c5ccc6ccccc6c5n(-c5ccc(-c6ccccc6)c(-c6ccccc6)c5)c4c3c2)cc1. The van der Waals surface area contributed by atoms with Gasteiger partial charge in [0.1, 0.15) is 0 Å². The first-order valence-electron chi connectivity index (χ1n) is 16.9. The fraction of sp³-hybridized carbons (Fsp3) is 0. The second kappa shape index (κ2) is 11.1. The molecule has 0 amide bonds. The summed E-state index contributed by atoms with van der Waals surface area (Å²) in [5.41, 5.74) is 10.9. The van der Waals surface area contributed by atoms with Crippen LogP contribution in [0.2, 0.25) is 0 Å². The van der Waals surface area contributed by atoms with Gasteiger partial charge in [0.25, 0.3) is 0 Å². The summed E-state index contributed by atoms with van der Waals surface area (Å²) in [5, 5.41) is 10.1. The summed E-state index contributed by atoms with van der Waals surface area (Å²) >= 11 is 0. The molecule has 0 fully saturated rings. The minimum atomic E-state index is 1.15. The van der Waals surface area contributed by atoms with Crippen LogP contribution >= 0.6 is 0 Å². The second-order valence-electron chi connectivity index (χ2n) is 12.9. The van der Waals surface area contributed by atoms with Crippen LogP contribution in [-0.2, 0) is 0 Å². The molecule has 1 aromatic heterocycles. The van der Waals surface area contributed by atoms with Crippen LogP contribution in [-0.4, -0.2) is 4.57 Å². The number of fused-ring (bicyclic) bond motifs is 10. The summed E-state index contributed by atoms with van der Waals surface area (Å²) in [4.78, 5) is 0. The van der Waals surface area contributed by atoms with E-state index in [1.807, 2.05) is 0 Å². The van der Waals surface area contributed by atoms with Crippen molar-refractivity contribution in [3.05, 3.63) is 188 Å². The lowest BCUT2D eigenvalue weighted by molar-refractivity contribution is 1.19. The van der Waals surface area contributed by atoms with Gasteiger partial charge in [-0.25, -0.2) is 0 Å². The predicted octanol–water partition coefficient (Wildman–Crippen LogP) is 13.2. The standard InChI is InChI=1S/C48H31N/c1-4-14-32(15-5-1)36-25-27-41-40-22-12-13-23-42(40)46-43-28-24-35-20-10-11-21-39(35)47(43)49(48(46)45(41)30-36)37-26-29-38(33-16-6-2-7-17-33)44(31-37)34-18-8-3-9-19-34/h1-31H. The number of nitrogens with zero attached hydrogens (tertiary/aromatic N) is 1. The molecular weight excluding hydrogens is 591 g/mol. The molecule has 10 rings (SSSR count). The number of rotatable bonds is 4. The molecule has 228 valence electrons. The van der Waals surface area contributed by atoms with Crippen LogP contribution in [0.3, 0.4) is 0 Å². The van der Waals surface area contributed by atoms with E-state index in [9.17, 15) is 0 Å². The number of aromatic nitrogens is 1. The first kappa shape index (κ1) is 27.7. The molecule has 0 aliphatic carbocycles. The van der Waals surface area contributed by atoms with Crippen molar-refractivity contribution in [3.8, 4) is 39.1 Å². The summed E-state index contributed by atoms with van der Waals surface area (Å²) in [6.45, 7) is 0. The molecule has 49 heavy (non-hydrogen) atoms. The third-order valence-electron chi connectivity index (χ3n) is 10.2. The summed E-state index contributed by atoms with van der Waals surface area (Å²) in [7, 11) is 0. The molecule has 0 saturated heterocycles. The van der Waals surface area contributed by atoms with Gasteiger partial charge in [0.15, 0.2) is 0 Å². The maximum atomic E-state index is 2.55. The van der Waals surface area contributed by atoms with Gasteiger partial charge < -0.3 is 4.57 Å². The Balaban J connectivity index is 1.41. The highest BCUT2D eigenvalue weighted by molar-refractivity contribution is 6.34. The lowest BCUT2D eigenvalue weighted by Gasteiger charge is -2.17. The topological polar surface area (TPSA) is 4.93 Å². The van der Waals surface area contributed by atoms with Crippen molar-refractivity contribution >= 4 is 54.1 Å². The highest BCUT2D eigenvalue weighted by Crippen LogP contribution is 2.46. The van der Waals surface area contributed by atoms with Gasteiger partial charge in [-0.2, -0.15) is 0 Å². The van der Waals surface area contributed by atoms with Gasteiger partial charge in [-0.05, 0) is 73.1 Å². The Labute approximate surface area is 284 Å². The normalized spacial score (nSPS) is 11.7. The highest BCUT2D eigenvalue weighted by Gasteiger charge is 2.22. The smallest absolute Gasteiger partial charge is 0.0626 e. The summed E-state index contributed by atoms with van der Waals surface area (Å²) < 4.78 is 2.55. The Morgan fingerprint density at radius 3 is 1.59 bits per heavy atom. The Morgan fingerprint density at radius 1 is 0.286 bits per heavy atom. The molecule has 0 aliphatic rings. The Bertz CT molecular complexity index is 2850. The Hall–Kier alpha value is -6.44. The zero-order valence-corrected chi connectivity index (χ0v) is 26.8. The largest absolute Gasteiger partial charge is 0.308 e. The quantitative estimate of drug-likeness (QED) is 0.172. The molecule has 0 spiro atoms. The zero-order valence-electron chi connectivity index (χ0n) is 26.8. The van der Waals surface area contributed by atoms with Gasteiger partial charge in [0, 0.05) is 27.2 Å². The zero-order chi connectivity index (χ0) is 32.3. The van der Waals surface area contributed by atoms with E-state index in [0.29, 0.717) is 0 Å². The third-order valence-corrected chi connectivity index (χ3v) is 10.2. The lowest BCUT2D eigenvalue weighted by atomic mass is 9.93. The number of benzene rings is 9. The molecule has 1 heteroatoms. The van der Waals surface area contributed by atoms with Gasteiger partial charge in [0.2, 0.25) is 0 Å². The maximum absolute atomic E-state index is 2.55. The van der Waals surface area contributed by atoms with Crippen LogP contribution in [0.5, 0.6) is 0 Å². The van der Waals surface area contributed by atoms with Gasteiger partial charge in [0.05, 0.1) is 11.0 Å². The molecule has 0 radical (unpaired) electrons. The van der Waals surface area contributed by atoms with E-state index in [1.165, 1.54) is 87.5 Å². The van der Waals surface area contributed by atoms with Gasteiger partial charge in [-0.15, -0.1) is 0 Å². The molecule has 0 atom stereocenters.